The van der Waals surface area contributed by atoms with E-state index in [-0.39, 0.29) is 6.10 Å². The maximum Gasteiger partial charge on any atom is 0.193 e. The molecule has 21 heavy (non-hydrogen) atoms. The number of hydrogen-bond donors (Lipinski definition) is 1. The van der Waals surface area contributed by atoms with Crippen LogP contribution in [0.4, 0.5) is 0 Å². The number of rotatable bonds is 3. The van der Waals surface area contributed by atoms with Gasteiger partial charge in [-0.2, -0.15) is 0 Å². The van der Waals surface area contributed by atoms with Gasteiger partial charge in [-0.1, -0.05) is 29.8 Å². The zero-order chi connectivity index (χ0) is 15.2. The average Bonchev–Trinajstić information content (AvgIpc) is 2.49. The van der Waals surface area contributed by atoms with E-state index in [1.54, 1.807) is 0 Å². The Hall–Kier alpha value is -1.55. The van der Waals surface area contributed by atoms with E-state index in [0.29, 0.717) is 5.92 Å². The number of ether oxygens (including phenoxy) is 1. The van der Waals surface area contributed by atoms with Crippen LogP contribution >= 0.6 is 0 Å². The molecule has 0 amide bonds. The molecule has 0 aliphatic carbocycles. The molecule has 1 heterocycles. The van der Waals surface area contributed by atoms with Crippen molar-refractivity contribution in [1.29, 1.82) is 0 Å². The van der Waals surface area contributed by atoms with Gasteiger partial charge in [0.15, 0.2) is 5.96 Å². The number of nitrogens with zero attached hydrogens (tertiary/aromatic N) is 2. The minimum Gasteiger partial charge on any atom is -0.373 e. The molecule has 2 atom stereocenters. The van der Waals surface area contributed by atoms with Crippen LogP contribution in [0, 0.1) is 12.8 Å². The highest BCUT2D eigenvalue weighted by atomic mass is 16.5. The van der Waals surface area contributed by atoms with Gasteiger partial charge in [0.05, 0.1) is 6.10 Å². The molecule has 1 saturated heterocycles. The van der Waals surface area contributed by atoms with Gasteiger partial charge in [0.1, 0.15) is 0 Å². The zero-order valence-corrected chi connectivity index (χ0v) is 13.6. The van der Waals surface area contributed by atoms with Gasteiger partial charge in [-0.25, -0.2) is 0 Å². The summed E-state index contributed by atoms with van der Waals surface area (Å²) >= 11 is 0. The first-order chi connectivity index (χ1) is 10.1. The lowest BCUT2D eigenvalue weighted by atomic mass is 9.89. The summed E-state index contributed by atoms with van der Waals surface area (Å²) in [6.07, 6.45) is 2.51. The third kappa shape index (κ3) is 4.21. The van der Waals surface area contributed by atoms with Gasteiger partial charge >= 0.3 is 0 Å². The van der Waals surface area contributed by atoms with E-state index >= 15 is 0 Å². The molecule has 1 fully saturated rings. The van der Waals surface area contributed by atoms with Crippen molar-refractivity contribution in [2.24, 2.45) is 10.9 Å². The van der Waals surface area contributed by atoms with Crippen LogP contribution in [0.2, 0.25) is 0 Å². The summed E-state index contributed by atoms with van der Waals surface area (Å²) in [5.41, 5.74) is 2.57. The van der Waals surface area contributed by atoms with E-state index in [0.717, 1.165) is 25.5 Å². The molecule has 1 aromatic rings. The number of benzene rings is 1. The van der Waals surface area contributed by atoms with Crippen molar-refractivity contribution in [3.05, 3.63) is 35.4 Å². The molecule has 1 aromatic carbocycles. The van der Waals surface area contributed by atoms with E-state index in [1.165, 1.54) is 17.5 Å². The number of nitrogens with one attached hydrogen (secondary N) is 1. The highest BCUT2D eigenvalue weighted by Crippen LogP contribution is 2.33. The predicted molar refractivity (Wildman–Crippen MR) is 87.6 cm³/mol. The van der Waals surface area contributed by atoms with Gasteiger partial charge in [-0.05, 0) is 25.3 Å². The Bertz CT molecular complexity index is 467. The van der Waals surface area contributed by atoms with E-state index in [1.807, 2.05) is 26.0 Å². The maximum atomic E-state index is 6.05. The lowest BCUT2D eigenvalue weighted by molar-refractivity contribution is -0.0266. The van der Waals surface area contributed by atoms with Gasteiger partial charge < -0.3 is 15.0 Å². The second-order valence-corrected chi connectivity index (χ2v) is 5.93. The van der Waals surface area contributed by atoms with Crippen molar-refractivity contribution in [1.82, 2.24) is 10.2 Å². The number of aryl methyl sites for hydroxylation is 1. The Morgan fingerprint density at radius 1 is 1.33 bits per heavy atom. The second kappa shape index (κ2) is 7.46. The summed E-state index contributed by atoms with van der Waals surface area (Å²) in [6, 6.07) is 8.71. The number of hydrogen-bond acceptors (Lipinski definition) is 2. The zero-order valence-electron chi connectivity index (χ0n) is 13.6. The van der Waals surface area contributed by atoms with Crippen LogP contribution in [0.3, 0.4) is 0 Å². The topological polar surface area (TPSA) is 36.9 Å². The van der Waals surface area contributed by atoms with E-state index < -0.39 is 0 Å². The minimum atomic E-state index is 0.187. The summed E-state index contributed by atoms with van der Waals surface area (Å²) in [7, 11) is 5.82. The Morgan fingerprint density at radius 3 is 2.67 bits per heavy atom. The predicted octanol–water partition coefficient (Wildman–Crippen LogP) is 2.60. The quantitative estimate of drug-likeness (QED) is 0.686. The summed E-state index contributed by atoms with van der Waals surface area (Å²) in [4.78, 5) is 6.28. The SMILES string of the molecule is CN=C(NCC1CCCOC1c1ccc(C)cc1)N(C)C. The van der Waals surface area contributed by atoms with Crippen molar-refractivity contribution >= 4 is 5.96 Å². The van der Waals surface area contributed by atoms with Gasteiger partial charge in [0.25, 0.3) is 0 Å². The summed E-state index contributed by atoms with van der Waals surface area (Å²) < 4.78 is 6.05. The molecule has 116 valence electrons. The van der Waals surface area contributed by atoms with Crippen LogP contribution in [-0.4, -0.2) is 45.2 Å². The van der Waals surface area contributed by atoms with Gasteiger partial charge in [-0.3, -0.25) is 4.99 Å². The van der Waals surface area contributed by atoms with Crippen molar-refractivity contribution in [2.75, 3.05) is 34.3 Å². The van der Waals surface area contributed by atoms with E-state index in [2.05, 4.69) is 41.5 Å². The molecular weight excluding hydrogens is 262 g/mol. The molecular formula is C17H27N3O. The van der Waals surface area contributed by atoms with Crippen molar-refractivity contribution in [2.45, 2.75) is 25.9 Å². The molecule has 0 saturated carbocycles. The Morgan fingerprint density at radius 2 is 2.05 bits per heavy atom. The third-order valence-corrected chi connectivity index (χ3v) is 4.01. The first kappa shape index (κ1) is 15.8. The van der Waals surface area contributed by atoms with E-state index in [9.17, 15) is 0 Å². The molecule has 0 spiro atoms. The molecule has 0 bridgehead atoms. The van der Waals surface area contributed by atoms with E-state index in [4.69, 9.17) is 4.74 Å². The monoisotopic (exact) mass is 289 g/mol. The maximum absolute atomic E-state index is 6.05. The van der Waals surface area contributed by atoms with Crippen molar-refractivity contribution in [3.63, 3.8) is 0 Å². The second-order valence-electron chi connectivity index (χ2n) is 5.93. The van der Waals surface area contributed by atoms with Crippen LogP contribution in [0.15, 0.2) is 29.3 Å². The summed E-state index contributed by atoms with van der Waals surface area (Å²) in [5, 5.41) is 3.45. The average molecular weight is 289 g/mol. The van der Waals surface area contributed by atoms with Crippen molar-refractivity contribution < 1.29 is 4.74 Å². The number of aliphatic imine (C=N–C) groups is 1. The number of guanidine groups is 1. The molecule has 1 aliphatic heterocycles. The smallest absolute Gasteiger partial charge is 0.193 e. The van der Waals surface area contributed by atoms with Crippen LogP contribution in [0.25, 0.3) is 0 Å². The molecule has 1 N–H and O–H groups in total. The Kier molecular flexibility index (Phi) is 5.62. The van der Waals surface area contributed by atoms with Gasteiger partial charge in [-0.15, -0.1) is 0 Å². The van der Waals surface area contributed by atoms with Crippen molar-refractivity contribution in [3.8, 4) is 0 Å². The molecule has 4 heteroatoms. The fourth-order valence-electron chi connectivity index (χ4n) is 2.84. The molecule has 0 aromatic heterocycles. The standard InChI is InChI=1S/C17H27N3O/c1-13-7-9-14(10-8-13)16-15(6-5-11-21-16)12-19-17(18-2)20(3)4/h7-10,15-16H,5-6,11-12H2,1-4H3,(H,18,19). The largest absolute Gasteiger partial charge is 0.373 e. The Labute approximate surface area is 128 Å². The first-order valence-corrected chi connectivity index (χ1v) is 7.68. The lowest BCUT2D eigenvalue weighted by Gasteiger charge is -2.33. The third-order valence-electron chi connectivity index (χ3n) is 4.01. The fraction of sp³-hybridized carbons (Fsp3) is 0.588. The van der Waals surface area contributed by atoms with Crippen LogP contribution in [0.5, 0.6) is 0 Å². The molecule has 4 nitrogen and oxygen atoms in total. The van der Waals surface area contributed by atoms with Crippen LogP contribution < -0.4 is 5.32 Å². The minimum absolute atomic E-state index is 0.187. The van der Waals surface area contributed by atoms with Gasteiger partial charge in [0.2, 0.25) is 0 Å². The highest BCUT2D eigenvalue weighted by Gasteiger charge is 2.27. The Balaban J connectivity index is 2.03. The normalized spacial score (nSPS) is 23.0. The summed E-state index contributed by atoms with van der Waals surface area (Å²) in [6.45, 7) is 3.87. The first-order valence-electron chi connectivity index (χ1n) is 7.68. The summed E-state index contributed by atoms with van der Waals surface area (Å²) in [5.74, 6) is 1.40. The molecule has 2 unspecified atom stereocenters. The molecule has 0 radical (unpaired) electrons. The lowest BCUT2D eigenvalue weighted by Crippen LogP contribution is -2.41. The van der Waals surface area contributed by atoms with Crippen LogP contribution in [0.1, 0.15) is 30.1 Å². The molecule has 1 aliphatic rings. The van der Waals surface area contributed by atoms with Crippen LogP contribution in [-0.2, 0) is 4.74 Å². The fourth-order valence-corrected chi connectivity index (χ4v) is 2.84. The molecule has 2 rings (SSSR count). The highest BCUT2D eigenvalue weighted by molar-refractivity contribution is 5.79. The van der Waals surface area contributed by atoms with Gasteiger partial charge in [0, 0.05) is 40.2 Å².